The van der Waals surface area contributed by atoms with E-state index in [-0.39, 0.29) is 17.2 Å². The van der Waals surface area contributed by atoms with Crippen LogP contribution in [0.1, 0.15) is 29.8 Å². The number of esters is 1. The molecule has 0 unspecified atom stereocenters. The highest BCUT2D eigenvalue weighted by Crippen LogP contribution is 2.47. The number of ether oxygens (including phenoxy) is 1. The van der Waals surface area contributed by atoms with E-state index in [2.05, 4.69) is 24.8 Å². The number of rotatable bonds is 2. The second kappa shape index (κ2) is 6.20. The van der Waals surface area contributed by atoms with E-state index in [4.69, 9.17) is 4.74 Å². The lowest BCUT2D eigenvalue weighted by Crippen LogP contribution is -2.22. The van der Waals surface area contributed by atoms with Crippen LogP contribution in [-0.4, -0.2) is 25.9 Å². The summed E-state index contributed by atoms with van der Waals surface area (Å²) in [6.07, 6.45) is 10.8. The number of nitrogens with zero attached hydrogens (tertiary/aromatic N) is 1. The summed E-state index contributed by atoms with van der Waals surface area (Å²) in [4.78, 5) is 25.2. The van der Waals surface area contributed by atoms with Gasteiger partial charge in [0.05, 0.1) is 12.7 Å². The number of hydrogen-bond donors (Lipinski definition) is 0. The number of benzene rings is 1. The van der Waals surface area contributed by atoms with Gasteiger partial charge in [-0.15, -0.1) is 0 Å². The lowest BCUT2D eigenvalue weighted by molar-refractivity contribution is -0.110. The molecule has 4 heteroatoms. The number of ketones is 1. The fraction of sp³-hybridized carbons (Fsp3) is 0.238. The highest BCUT2D eigenvalue weighted by atomic mass is 16.5. The van der Waals surface area contributed by atoms with Gasteiger partial charge in [0.25, 0.3) is 0 Å². The quantitative estimate of drug-likeness (QED) is 0.773. The van der Waals surface area contributed by atoms with Crippen LogP contribution in [0.3, 0.4) is 0 Å². The third-order valence-corrected chi connectivity index (χ3v) is 4.77. The van der Waals surface area contributed by atoms with E-state index in [0.29, 0.717) is 5.56 Å². The Labute approximate surface area is 147 Å². The van der Waals surface area contributed by atoms with Crippen molar-refractivity contribution in [2.24, 2.45) is 0 Å². The third kappa shape index (κ3) is 2.95. The van der Waals surface area contributed by atoms with Gasteiger partial charge in [-0.1, -0.05) is 32.1 Å². The predicted octanol–water partition coefficient (Wildman–Crippen LogP) is 3.71. The van der Waals surface area contributed by atoms with Crippen LogP contribution in [-0.2, 0) is 14.9 Å². The van der Waals surface area contributed by atoms with Gasteiger partial charge in [-0.05, 0) is 47.6 Å². The molecule has 0 bridgehead atoms. The van der Waals surface area contributed by atoms with Gasteiger partial charge in [0.1, 0.15) is 0 Å². The van der Waals surface area contributed by atoms with E-state index in [9.17, 15) is 9.59 Å². The van der Waals surface area contributed by atoms with Gasteiger partial charge < -0.3 is 9.64 Å². The van der Waals surface area contributed by atoms with Crippen LogP contribution in [0.4, 0.5) is 5.69 Å². The molecule has 0 saturated heterocycles. The fourth-order valence-electron chi connectivity index (χ4n) is 3.34. The molecule has 1 heterocycles. The summed E-state index contributed by atoms with van der Waals surface area (Å²) in [6.45, 7) is 4.27. The zero-order valence-electron chi connectivity index (χ0n) is 14.9. The molecular formula is C21H21NO3. The number of hydrogen-bond acceptors (Lipinski definition) is 4. The van der Waals surface area contributed by atoms with Crippen molar-refractivity contribution >= 4 is 17.4 Å². The standard InChI is InChI=1S/C21H21NO3/c1-21(2)17-13-15(20(24)25-4)8-11-18(17)22(3)19(21)12-7-14-5-9-16(23)10-6-14/h5-13H,1-4H3/b19-12-. The Hall–Kier alpha value is -2.88. The molecule has 3 rings (SSSR count). The minimum Gasteiger partial charge on any atom is -0.465 e. The highest BCUT2D eigenvalue weighted by molar-refractivity contribution is 6.01. The zero-order chi connectivity index (χ0) is 18.2. The molecule has 2 aliphatic rings. The molecule has 0 radical (unpaired) electrons. The number of allylic oxidation sites excluding steroid dienone is 8. The molecule has 25 heavy (non-hydrogen) atoms. The van der Waals surface area contributed by atoms with Crippen molar-refractivity contribution in [3.05, 3.63) is 77.1 Å². The van der Waals surface area contributed by atoms with E-state index < -0.39 is 0 Å². The maximum Gasteiger partial charge on any atom is 0.337 e. The minimum absolute atomic E-state index is 0.00543. The Morgan fingerprint density at radius 1 is 1.12 bits per heavy atom. The molecule has 4 nitrogen and oxygen atoms in total. The summed E-state index contributed by atoms with van der Waals surface area (Å²) in [6, 6.07) is 5.65. The van der Waals surface area contributed by atoms with Crippen LogP contribution in [0, 0.1) is 0 Å². The maximum atomic E-state index is 11.8. The summed E-state index contributed by atoms with van der Waals surface area (Å²) < 4.78 is 4.83. The van der Waals surface area contributed by atoms with Crippen molar-refractivity contribution in [3.63, 3.8) is 0 Å². The van der Waals surface area contributed by atoms with E-state index in [1.165, 1.54) is 7.11 Å². The Morgan fingerprint density at radius 3 is 2.44 bits per heavy atom. The SMILES string of the molecule is COC(=O)c1ccc2c(c1)C(C)(C)/C(=C/C=C1C=CC(=O)C=C1)N2C. The van der Waals surface area contributed by atoms with Crippen molar-refractivity contribution in [3.8, 4) is 0 Å². The van der Waals surface area contributed by atoms with Gasteiger partial charge in [-0.2, -0.15) is 0 Å². The highest BCUT2D eigenvalue weighted by Gasteiger charge is 2.38. The van der Waals surface area contributed by atoms with Crippen LogP contribution in [0.25, 0.3) is 0 Å². The van der Waals surface area contributed by atoms with Gasteiger partial charge >= 0.3 is 5.97 Å². The summed E-state index contributed by atoms with van der Waals surface area (Å²) in [5.41, 5.74) is 4.57. The first kappa shape index (κ1) is 17.0. The van der Waals surface area contributed by atoms with Gasteiger partial charge in [-0.3, -0.25) is 4.79 Å². The normalized spacial score (nSPS) is 19.4. The zero-order valence-corrected chi connectivity index (χ0v) is 14.9. The lowest BCUT2D eigenvalue weighted by atomic mass is 9.83. The minimum atomic E-state index is -0.331. The Kier molecular flexibility index (Phi) is 4.21. The number of anilines is 1. The summed E-state index contributed by atoms with van der Waals surface area (Å²) >= 11 is 0. The Balaban J connectivity index is 2.00. The summed E-state index contributed by atoms with van der Waals surface area (Å²) in [5.74, 6) is -0.325. The molecule has 128 valence electrons. The van der Waals surface area contributed by atoms with Crippen molar-refractivity contribution in [2.45, 2.75) is 19.3 Å². The molecule has 1 aliphatic carbocycles. The van der Waals surface area contributed by atoms with Crippen molar-refractivity contribution in [1.29, 1.82) is 0 Å². The fourth-order valence-corrected chi connectivity index (χ4v) is 3.34. The number of likely N-dealkylation sites (N-methyl/N-ethyl adjacent to an activating group) is 1. The molecular weight excluding hydrogens is 314 g/mol. The summed E-state index contributed by atoms with van der Waals surface area (Å²) in [7, 11) is 3.41. The van der Waals surface area contributed by atoms with E-state index in [0.717, 1.165) is 22.5 Å². The first-order chi connectivity index (χ1) is 11.8. The van der Waals surface area contributed by atoms with Gasteiger partial charge in [0, 0.05) is 23.8 Å². The Bertz CT molecular complexity index is 851. The molecule has 0 aromatic heterocycles. The Morgan fingerprint density at radius 2 is 1.80 bits per heavy atom. The van der Waals surface area contributed by atoms with Gasteiger partial charge in [0.15, 0.2) is 5.78 Å². The van der Waals surface area contributed by atoms with Crippen LogP contribution in [0.15, 0.2) is 65.9 Å². The average molecular weight is 335 g/mol. The topological polar surface area (TPSA) is 46.6 Å². The number of methoxy groups -OCH3 is 1. The third-order valence-electron chi connectivity index (χ3n) is 4.77. The molecule has 0 saturated carbocycles. The van der Waals surface area contributed by atoms with E-state index in [1.54, 1.807) is 18.2 Å². The molecule has 0 N–H and O–H groups in total. The molecule has 0 amide bonds. The average Bonchev–Trinajstić information content (AvgIpc) is 2.80. The van der Waals surface area contributed by atoms with Crippen LogP contribution >= 0.6 is 0 Å². The number of fused-ring (bicyclic) bond motifs is 1. The summed E-state index contributed by atoms with van der Waals surface area (Å²) in [5, 5.41) is 0. The predicted molar refractivity (Wildman–Crippen MR) is 98.7 cm³/mol. The lowest BCUT2D eigenvalue weighted by Gasteiger charge is -2.23. The monoisotopic (exact) mass is 335 g/mol. The number of carbonyl (C=O) groups excluding carboxylic acids is 2. The van der Waals surface area contributed by atoms with E-state index in [1.807, 2.05) is 37.4 Å². The molecule has 1 aliphatic heterocycles. The van der Waals surface area contributed by atoms with Crippen molar-refractivity contribution in [2.75, 3.05) is 19.1 Å². The second-order valence-corrected chi connectivity index (χ2v) is 6.70. The van der Waals surface area contributed by atoms with Crippen molar-refractivity contribution < 1.29 is 14.3 Å². The van der Waals surface area contributed by atoms with Gasteiger partial charge in [-0.25, -0.2) is 4.79 Å². The molecule has 0 spiro atoms. The maximum absolute atomic E-state index is 11.8. The smallest absolute Gasteiger partial charge is 0.337 e. The molecule has 0 fully saturated rings. The number of carbonyl (C=O) groups is 2. The van der Waals surface area contributed by atoms with E-state index >= 15 is 0 Å². The second-order valence-electron chi connectivity index (χ2n) is 6.70. The van der Waals surface area contributed by atoms with Gasteiger partial charge in [0.2, 0.25) is 0 Å². The first-order valence-corrected chi connectivity index (χ1v) is 8.14. The van der Waals surface area contributed by atoms with Crippen LogP contribution < -0.4 is 4.90 Å². The van der Waals surface area contributed by atoms with Crippen molar-refractivity contribution in [1.82, 2.24) is 0 Å². The van der Waals surface area contributed by atoms with Crippen LogP contribution in [0.5, 0.6) is 0 Å². The molecule has 1 aromatic rings. The van der Waals surface area contributed by atoms with Crippen LogP contribution in [0.2, 0.25) is 0 Å². The molecule has 0 atom stereocenters. The first-order valence-electron chi connectivity index (χ1n) is 8.14. The molecule has 1 aromatic carbocycles. The largest absolute Gasteiger partial charge is 0.465 e.